The fourth-order valence-electron chi connectivity index (χ4n) is 6.26. The summed E-state index contributed by atoms with van der Waals surface area (Å²) in [5.74, 6) is -1.50. The monoisotopic (exact) mass is 506 g/mol. The Bertz CT molecular complexity index is 840. The molecule has 2 amide bonds. The summed E-state index contributed by atoms with van der Waals surface area (Å²) >= 11 is 1.67. The van der Waals surface area contributed by atoms with Crippen LogP contribution in [0.3, 0.4) is 0 Å². The van der Waals surface area contributed by atoms with E-state index in [0.29, 0.717) is 13.1 Å². The number of aliphatic hydroxyl groups is 1. The summed E-state index contributed by atoms with van der Waals surface area (Å²) in [5.41, 5.74) is -0.442. The van der Waals surface area contributed by atoms with Crippen molar-refractivity contribution in [3.8, 4) is 0 Å². The molecule has 8 heteroatoms. The largest absolute Gasteiger partial charge is 0.461 e. The van der Waals surface area contributed by atoms with E-state index in [1.54, 1.807) is 22.7 Å². The van der Waals surface area contributed by atoms with Gasteiger partial charge in [0.2, 0.25) is 11.8 Å². The fraction of sp³-hybridized carbons (Fsp3) is 0.741. The van der Waals surface area contributed by atoms with Gasteiger partial charge in [0.05, 0.1) is 16.6 Å². The van der Waals surface area contributed by atoms with Gasteiger partial charge in [-0.25, -0.2) is 0 Å². The summed E-state index contributed by atoms with van der Waals surface area (Å²) in [7, 11) is 0. The van der Waals surface area contributed by atoms with Gasteiger partial charge in [-0.2, -0.15) is 0 Å². The van der Waals surface area contributed by atoms with Gasteiger partial charge in [0.1, 0.15) is 12.6 Å². The topological polar surface area (TPSA) is 87.1 Å². The van der Waals surface area contributed by atoms with E-state index in [2.05, 4.69) is 20.1 Å². The summed E-state index contributed by atoms with van der Waals surface area (Å²) < 4.78 is 4.79. The minimum atomic E-state index is -0.646. The number of fused-ring (bicyclic) bond motifs is 1. The van der Waals surface area contributed by atoms with Crippen LogP contribution in [-0.2, 0) is 19.1 Å². The molecule has 1 N–H and O–H groups in total. The number of amides is 2. The maximum absolute atomic E-state index is 14.3. The van der Waals surface area contributed by atoms with E-state index in [9.17, 15) is 14.4 Å². The third-order valence-electron chi connectivity index (χ3n) is 7.79. The van der Waals surface area contributed by atoms with Crippen molar-refractivity contribution in [2.24, 2.45) is 17.8 Å². The lowest BCUT2D eigenvalue weighted by atomic mass is 9.66. The predicted molar refractivity (Wildman–Crippen MR) is 139 cm³/mol. The van der Waals surface area contributed by atoms with Crippen molar-refractivity contribution in [1.29, 1.82) is 0 Å². The van der Waals surface area contributed by atoms with Crippen molar-refractivity contribution in [3.63, 3.8) is 0 Å². The van der Waals surface area contributed by atoms with Crippen molar-refractivity contribution >= 4 is 29.5 Å². The number of aliphatic hydroxyl groups excluding tert-OH is 1. The number of ether oxygens (including phenoxy) is 1. The average molecular weight is 507 g/mol. The number of hydrogen-bond acceptors (Lipinski definition) is 6. The summed E-state index contributed by atoms with van der Waals surface area (Å²) in [5, 5.41) is 9.07. The van der Waals surface area contributed by atoms with Crippen molar-refractivity contribution in [3.05, 3.63) is 25.3 Å². The minimum Gasteiger partial charge on any atom is -0.461 e. The van der Waals surface area contributed by atoms with Crippen molar-refractivity contribution in [2.75, 3.05) is 26.3 Å². The number of nitrogens with zero attached hydrogens (tertiary/aromatic N) is 2. The molecule has 1 spiro atoms. The Labute approximate surface area is 214 Å². The number of likely N-dealkylation sites (tertiary alicyclic amines) is 1. The molecule has 7 nitrogen and oxygen atoms in total. The second-order valence-electron chi connectivity index (χ2n) is 11.0. The summed E-state index contributed by atoms with van der Waals surface area (Å²) in [6.45, 7) is 16.7. The molecule has 3 fully saturated rings. The first kappa shape index (κ1) is 27.8. The molecule has 0 aromatic carbocycles. The molecule has 3 aliphatic heterocycles. The van der Waals surface area contributed by atoms with Crippen LogP contribution in [0, 0.1) is 17.8 Å². The third kappa shape index (κ3) is 4.93. The lowest BCUT2D eigenvalue weighted by Crippen LogP contribution is -2.60. The molecule has 0 aromatic rings. The molecule has 0 saturated carbocycles. The predicted octanol–water partition coefficient (Wildman–Crippen LogP) is 3.42. The van der Waals surface area contributed by atoms with Crippen LogP contribution in [0.5, 0.6) is 0 Å². The van der Waals surface area contributed by atoms with Crippen LogP contribution in [0.1, 0.15) is 59.8 Å². The van der Waals surface area contributed by atoms with E-state index in [0.717, 1.165) is 32.1 Å². The van der Waals surface area contributed by atoms with Crippen molar-refractivity contribution in [1.82, 2.24) is 9.80 Å². The van der Waals surface area contributed by atoms with Crippen LogP contribution in [0.4, 0.5) is 0 Å². The van der Waals surface area contributed by atoms with E-state index < -0.39 is 28.2 Å². The highest BCUT2D eigenvalue weighted by atomic mass is 32.2. The molecule has 0 radical (unpaired) electrons. The molecule has 0 aromatic heterocycles. The fourth-order valence-corrected chi connectivity index (χ4v) is 8.67. The zero-order chi connectivity index (χ0) is 26.0. The Morgan fingerprint density at radius 1 is 1.23 bits per heavy atom. The van der Waals surface area contributed by atoms with Gasteiger partial charge in [-0.1, -0.05) is 38.5 Å². The summed E-state index contributed by atoms with van der Waals surface area (Å²) in [4.78, 5) is 45.0. The summed E-state index contributed by atoms with van der Waals surface area (Å²) in [6, 6.07) is -0.626. The standard InChI is InChI=1S/C27H42N2O5S/c1-7-13-29(26(4,5)6)24(32)22-27-18(3)17-19(35-27)20(25(33)34-16-8-2)21(27)23(31)28(22)14-11-9-10-12-15-30/h7-8,18-22,30H,1-2,9-17H2,3-6H3/t18?,19-,20+,21+,22?,27?/m1/s1. The molecule has 3 unspecified atom stereocenters. The van der Waals surface area contributed by atoms with Crippen molar-refractivity contribution in [2.45, 2.75) is 81.4 Å². The highest BCUT2D eigenvalue weighted by Crippen LogP contribution is 2.68. The highest BCUT2D eigenvalue weighted by Gasteiger charge is 2.76. The second kappa shape index (κ2) is 11.1. The maximum atomic E-state index is 14.3. The number of rotatable bonds is 12. The second-order valence-corrected chi connectivity index (χ2v) is 12.6. The molecule has 35 heavy (non-hydrogen) atoms. The molecule has 2 bridgehead atoms. The average Bonchev–Trinajstić information content (AvgIpc) is 3.38. The van der Waals surface area contributed by atoms with E-state index >= 15 is 0 Å². The number of carbonyl (C=O) groups excluding carboxylic acids is 3. The first-order chi connectivity index (χ1) is 16.6. The smallest absolute Gasteiger partial charge is 0.311 e. The van der Waals surface area contributed by atoms with Crippen LogP contribution in [0.25, 0.3) is 0 Å². The number of carbonyl (C=O) groups is 3. The van der Waals surface area contributed by atoms with Gasteiger partial charge in [0.25, 0.3) is 0 Å². The van der Waals surface area contributed by atoms with E-state index in [-0.39, 0.29) is 42.2 Å². The Morgan fingerprint density at radius 2 is 1.91 bits per heavy atom. The number of esters is 1. The van der Waals surface area contributed by atoms with Gasteiger partial charge < -0.3 is 19.6 Å². The minimum absolute atomic E-state index is 0.0271. The van der Waals surface area contributed by atoms with E-state index in [4.69, 9.17) is 9.84 Å². The molecular formula is C27H42N2O5S. The molecule has 3 saturated heterocycles. The zero-order valence-corrected chi connectivity index (χ0v) is 22.5. The Balaban J connectivity index is 2.01. The van der Waals surface area contributed by atoms with Gasteiger partial charge in [0, 0.05) is 30.5 Å². The SMILES string of the molecule is C=CCOC(=O)[C@@H]1[C@H]2C(=O)N(CCCCCCO)C(C(=O)N(CC=C)C(C)(C)C)C23S[C@@H]1CC3C. The zero-order valence-electron chi connectivity index (χ0n) is 21.7. The maximum Gasteiger partial charge on any atom is 0.311 e. The molecule has 3 heterocycles. The third-order valence-corrected chi connectivity index (χ3v) is 9.87. The Hall–Kier alpha value is -1.80. The molecule has 0 aliphatic carbocycles. The Kier molecular flexibility index (Phi) is 8.79. The number of hydrogen-bond donors (Lipinski definition) is 1. The normalized spacial score (nSPS) is 31.4. The molecule has 3 aliphatic rings. The van der Waals surface area contributed by atoms with Crippen LogP contribution in [-0.4, -0.2) is 80.6 Å². The first-order valence-corrected chi connectivity index (χ1v) is 13.7. The molecule has 196 valence electrons. The molecule has 3 rings (SSSR count). The van der Waals surface area contributed by atoms with Gasteiger partial charge in [-0.3, -0.25) is 14.4 Å². The lowest BCUT2D eigenvalue weighted by Gasteiger charge is -2.44. The van der Waals surface area contributed by atoms with Crippen molar-refractivity contribution < 1.29 is 24.2 Å². The summed E-state index contributed by atoms with van der Waals surface area (Å²) in [6.07, 6.45) is 7.28. The van der Waals surface area contributed by atoms with Gasteiger partial charge in [-0.15, -0.1) is 18.3 Å². The highest BCUT2D eigenvalue weighted by molar-refractivity contribution is 8.02. The number of unbranched alkanes of at least 4 members (excludes halogenated alkanes) is 3. The molecular weight excluding hydrogens is 464 g/mol. The van der Waals surface area contributed by atoms with Gasteiger partial charge in [0.15, 0.2) is 0 Å². The van der Waals surface area contributed by atoms with Gasteiger partial charge in [-0.05, 0) is 46.0 Å². The van der Waals surface area contributed by atoms with E-state index in [1.165, 1.54) is 6.08 Å². The quantitative estimate of drug-likeness (QED) is 0.248. The first-order valence-electron chi connectivity index (χ1n) is 12.8. The number of thioether (sulfide) groups is 1. The lowest BCUT2D eigenvalue weighted by molar-refractivity contribution is -0.153. The van der Waals surface area contributed by atoms with Crippen LogP contribution in [0.15, 0.2) is 25.3 Å². The van der Waals surface area contributed by atoms with Gasteiger partial charge >= 0.3 is 5.97 Å². The van der Waals surface area contributed by atoms with Crippen LogP contribution in [0.2, 0.25) is 0 Å². The van der Waals surface area contributed by atoms with Crippen LogP contribution >= 0.6 is 11.8 Å². The Morgan fingerprint density at radius 3 is 2.51 bits per heavy atom. The molecule has 6 atom stereocenters. The van der Waals surface area contributed by atoms with E-state index in [1.807, 2.05) is 25.7 Å². The van der Waals surface area contributed by atoms with Crippen LogP contribution < -0.4 is 0 Å².